The maximum atomic E-state index is 12.9. The number of anilines is 1. The normalized spacial score (nSPS) is 11.5. The van der Waals surface area contributed by atoms with Gasteiger partial charge in [-0.15, -0.1) is 11.3 Å². The van der Waals surface area contributed by atoms with Crippen LogP contribution in [0.25, 0.3) is 11.4 Å². The van der Waals surface area contributed by atoms with E-state index < -0.39 is 29.0 Å². The molecule has 2 aromatic carbocycles. The molecule has 0 aliphatic rings. The predicted molar refractivity (Wildman–Crippen MR) is 128 cm³/mol. The van der Waals surface area contributed by atoms with Gasteiger partial charge in [-0.3, -0.25) is 4.79 Å². The van der Waals surface area contributed by atoms with Crippen molar-refractivity contribution in [2.75, 3.05) is 5.32 Å². The highest BCUT2D eigenvalue weighted by Gasteiger charge is 2.21. The van der Waals surface area contributed by atoms with Crippen LogP contribution in [0.2, 0.25) is 0 Å². The number of aromatic nitrogens is 2. The summed E-state index contributed by atoms with van der Waals surface area (Å²) in [6.45, 7) is 0. The maximum absolute atomic E-state index is 12.9. The number of nitrogens with one attached hydrogen (secondary N) is 3. The van der Waals surface area contributed by atoms with Crippen molar-refractivity contribution in [3.05, 3.63) is 98.6 Å². The average molecular weight is 477 g/mol. The molecular formula is C24H20N4O5S. The van der Waals surface area contributed by atoms with Crippen LogP contribution in [-0.2, 0) is 6.42 Å². The standard InChI is InChI=1S/C24H20N4O5S/c29-20-19(23(31)32)27-21(28-22(20)30)16-12-34-13-18(16)26-24(33)25-17(15-9-5-2-6-10-15)11-14-7-3-1-4-8-14/h1-10,12-13,17,29H,11H2,(H,31,32)(H2,25,26,33)(H,27,28,30). The Balaban J connectivity index is 1.57. The molecule has 0 saturated heterocycles. The van der Waals surface area contributed by atoms with Gasteiger partial charge in [-0.25, -0.2) is 14.6 Å². The quantitative estimate of drug-likeness (QED) is 0.273. The number of carbonyl (C=O) groups is 2. The largest absolute Gasteiger partial charge is 0.501 e. The lowest BCUT2D eigenvalue weighted by atomic mass is 9.99. The zero-order valence-corrected chi connectivity index (χ0v) is 18.5. The summed E-state index contributed by atoms with van der Waals surface area (Å²) in [5.74, 6) is -2.61. The monoisotopic (exact) mass is 476 g/mol. The number of nitrogens with zero attached hydrogens (tertiary/aromatic N) is 1. The second-order valence-electron chi connectivity index (χ2n) is 7.37. The van der Waals surface area contributed by atoms with Gasteiger partial charge in [-0.1, -0.05) is 60.7 Å². The summed E-state index contributed by atoms with van der Waals surface area (Å²) in [5, 5.41) is 27.8. The van der Waals surface area contributed by atoms with E-state index in [9.17, 15) is 24.6 Å². The summed E-state index contributed by atoms with van der Waals surface area (Å²) in [4.78, 5) is 42.4. The van der Waals surface area contributed by atoms with Gasteiger partial charge in [0, 0.05) is 10.8 Å². The molecule has 0 spiro atoms. The average Bonchev–Trinajstić information content (AvgIpc) is 3.29. The van der Waals surface area contributed by atoms with Gasteiger partial charge in [0.2, 0.25) is 5.75 Å². The van der Waals surface area contributed by atoms with Gasteiger partial charge in [0.1, 0.15) is 5.82 Å². The van der Waals surface area contributed by atoms with Crippen molar-refractivity contribution in [1.29, 1.82) is 0 Å². The Hall–Kier alpha value is -4.44. The Morgan fingerprint density at radius 2 is 1.71 bits per heavy atom. The van der Waals surface area contributed by atoms with Gasteiger partial charge in [-0.2, -0.15) is 0 Å². The van der Waals surface area contributed by atoms with Gasteiger partial charge < -0.3 is 25.8 Å². The number of hydrogen-bond donors (Lipinski definition) is 5. The molecule has 9 nitrogen and oxygen atoms in total. The first-order chi connectivity index (χ1) is 16.4. The number of carbonyl (C=O) groups excluding carboxylic acids is 1. The topological polar surface area (TPSA) is 144 Å². The van der Waals surface area contributed by atoms with Gasteiger partial charge in [0.15, 0.2) is 5.69 Å². The van der Waals surface area contributed by atoms with E-state index in [0.29, 0.717) is 17.7 Å². The van der Waals surface area contributed by atoms with Crippen molar-refractivity contribution in [1.82, 2.24) is 15.3 Å². The number of benzene rings is 2. The van der Waals surface area contributed by atoms with E-state index in [1.54, 1.807) is 10.8 Å². The first-order valence-electron chi connectivity index (χ1n) is 10.2. The van der Waals surface area contributed by atoms with E-state index in [2.05, 4.69) is 20.6 Å². The van der Waals surface area contributed by atoms with E-state index >= 15 is 0 Å². The van der Waals surface area contributed by atoms with Crippen LogP contribution in [0.4, 0.5) is 10.5 Å². The van der Waals surface area contributed by atoms with E-state index in [-0.39, 0.29) is 11.9 Å². The van der Waals surface area contributed by atoms with Crippen LogP contribution >= 0.6 is 11.3 Å². The number of H-pyrrole nitrogens is 1. The molecule has 5 N–H and O–H groups in total. The fourth-order valence-electron chi connectivity index (χ4n) is 3.42. The van der Waals surface area contributed by atoms with Gasteiger partial charge >= 0.3 is 12.0 Å². The highest BCUT2D eigenvalue weighted by atomic mass is 32.1. The summed E-state index contributed by atoms with van der Waals surface area (Å²) in [7, 11) is 0. The van der Waals surface area contributed by atoms with Crippen LogP contribution in [0.15, 0.2) is 76.2 Å². The van der Waals surface area contributed by atoms with Crippen molar-refractivity contribution in [3.8, 4) is 17.1 Å². The fraction of sp³-hybridized carbons (Fsp3) is 0.0833. The Kier molecular flexibility index (Phi) is 6.69. The Morgan fingerprint density at radius 1 is 1.03 bits per heavy atom. The van der Waals surface area contributed by atoms with E-state index in [4.69, 9.17) is 0 Å². The summed E-state index contributed by atoms with van der Waals surface area (Å²) in [6.07, 6.45) is 0.573. The number of aromatic amines is 1. The summed E-state index contributed by atoms with van der Waals surface area (Å²) < 4.78 is 0. The molecule has 34 heavy (non-hydrogen) atoms. The Morgan fingerprint density at radius 3 is 2.38 bits per heavy atom. The van der Waals surface area contributed by atoms with E-state index in [1.165, 1.54) is 11.3 Å². The Bertz CT molecular complexity index is 1370. The molecule has 1 unspecified atom stereocenters. The van der Waals surface area contributed by atoms with Crippen molar-refractivity contribution < 1.29 is 19.8 Å². The molecule has 2 heterocycles. The number of amides is 2. The second kappa shape index (κ2) is 10.0. The van der Waals surface area contributed by atoms with Crippen LogP contribution in [0.3, 0.4) is 0 Å². The van der Waals surface area contributed by atoms with Crippen molar-refractivity contribution in [2.24, 2.45) is 0 Å². The molecule has 1 atom stereocenters. The number of aromatic hydroxyl groups is 1. The Labute approximate surface area is 197 Å². The first-order valence-corrected chi connectivity index (χ1v) is 11.2. The van der Waals surface area contributed by atoms with Crippen molar-refractivity contribution >= 4 is 29.0 Å². The molecule has 0 aliphatic carbocycles. The number of rotatable bonds is 7. The van der Waals surface area contributed by atoms with E-state index in [1.807, 2.05) is 60.7 Å². The number of carboxylic acids is 1. The lowest BCUT2D eigenvalue weighted by molar-refractivity contribution is 0.0686. The first kappa shape index (κ1) is 22.7. The van der Waals surface area contributed by atoms with E-state index in [0.717, 1.165) is 11.1 Å². The highest BCUT2D eigenvalue weighted by Crippen LogP contribution is 2.30. The molecule has 172 valence electrons. The molecule has 2 amide bonds. The molecule has 2 aromatic heterocycles. The third-order valence-electron chi connectivity index (χ3n) is 5.05. The third kappa shape index (κ3) is 5.13. The summed E-state index contributed by atoms with van der Waals surface area (Å²) >= 11 is 1.23. The van der Waals surface area contributed by atoms with Crippen LogP contribution in [0, 0.1) is 0 Å². The highest BCUT2D eigenvalue weighted by molar-refractivity contribution is 7.08. The third-order valence-corrected chi connectivity index (χ3v) is 5.80. The zero-order valence-electron chi connectivity index (χ0n) is 17.7. The van der Waals surface area contributed by atoms with Gasteiger partial charge in [0.25, 0.3) is 5.56 Å². The SMILES string of the molecule is O=C(Nc1cscc1-c1nc(C(=O)O)c(O)c(=O)[nH]1)NC(Cc1ccccc1)c1ccccc1. The van der Waals surface area contributed by atoms with Gasteiger partial charge in [0.05, 0.1) is 17.3 Å². The van der Waals surface area contributed by atoms with Crippen LogP contribution in [0.5, 0.6) is 5.75 Å². The number of thiophene rings is 1. The number of hydrogen-bond acceptors (Lipinski definition) is 6. The lowest BCUT2D eigenvalue weighted by Gasteiger charge is -2.20. The smallest absolute Gasteiger partial charge is 0.358 e. The van der Waals surface area contributed by atoms with Crippen molar-refractivity contribution in [2.45, 2.75) is 12.5 Å². The lowest BCUT2D eigenvalue weighted by Crippen LogP contribution is -2.33. The minimum absolute atomic E-state index is 0.0827. The number of urea groups is 1. The molecule has 4 rings (SSSR count). The molecular weight excluding hydrogens is 456 g/mol. The molecule has 0 bridgehead atoms. The van der Waals surface area contributed by atoms with Crippen LogP contribution < -0.4 is 16.2 Å². The second-order valence-corrected chi connectivity index (χ2v) is 8.11. The molecule has 0 fully saturated rings. The van der Waals surface area contributed by atoms with Crippen molar-refractivity contribution in [3.63, 3.8) is 0 Å². The van der Waals surface area contributed by atoms with Crippen LogP contribution in [0.1, 0.15) is 27.7 Å². The molecule has 0 aliphatic heterocycles. The maximum Gasteiger partial charge on any atom is 0.358 e. The zero-order chi connectivity index (χ0) is 24.1. The molecule has 0 saturated carbocycles. The fourth-order valence-corrected chi connectivity index (χ4v) is 4.19. The predicted octanol–water partition coefficient (Wildman–Crippen LogP) is 4.01. The minimum Gasteiger partial charge on any atom is -0.501 e. The summed E-state index contributed by atoms with van der Waals surface area (Å²) in [5.41, 5.74) is 0.879. The molecule has 10 heteroatoms. The molecule has 0 radical (unpaired) electrons. The number of carboxylic acid groups (broad SMARTS) is 1. The minimum atomic E-state index is -1.54. The van der Waals surface area contributed by atoms with Crippen LogP contribution in [-0.4, -0.2) is 32.2 Å². The molecule has 4 aromatic rings. The van der Waals surface area contributed by atoms with Gasteiger partial charge in [-0.05, 0) is 17.5 Å². The summed E-state index contributed by atoms with van der Waals surface area (Å²) in [6, 6.07) is 18.5. The number of aromatic carboxylic acids is 1.